The Morgan fingerprint density at radius 3 is 2.71 bits per heavy atom. The van der Waals surface area contributed by atoms with Crippen LogP contribution in [0.3, 0.4) is 0 Å². The van der Waals surface area contributed by atoms with Gasteiger partial charge in [-0.2, -0.15) is 0 Å². The number of likely N-dealkylation sites (tertiary alicyclic amines) is 1. The Labute approximate surface area is 101 Å². The van der Waals surface area contributed by atoms with E-state index in [1.165, 1.54) is 0 Å². The Morgan fingerprint density at radius 1 is 1.47 bits per heavy atom. The van der Waals surface area contributed by atoms with E-state index in [2.05, 4.69) is 5.32 Å². The number of methoxy groups -OCH3 is 1. The molecule has 1 rings (SSSR count). The van der Waals surface area contributed by atoms with Gasteiger partial charge in [-0.05, 0) is 5.92 Å². The first-order valence-corrected chi connectivity index (χ1v) is 5.75. The van der Waals surface area contributed by atoms with Crippen LogP contribution < -0.4 is 5.32 Å². The van der Waals surface area contributed by atoms with Gasteiger partial charge in [-0.1, -0.05) is 6.92 Å². The molecule has 1 heterocycles. The number of nitrogens with zero attached hydrogens (tertiary/aromatic N) is 1. The van der Waals surface area contributed by atoms with E-state index >= 15 is 0 Å². The summed E-state index contributed by atoms with van der Waals surface area (Å²) in [6.07, 6.45) is 0. The van der Waals surface area contributed by atoms with Gasteiger partial charge in [0, 0.05) is 26.7 Å². The van der Waals surface area contributed by atoms with Crippen molar-refractivity contribution in [3.8, 4) is 0 Å². The Balaban J connectivity index is 2.29. The van der Waals surface area contributed by atoms with Gasteiger partial charge in [0.2, 0.25) is 5.91 Å². The van der Waals surface area contributed by atoms with E-state index in [1.54, 1.807) is 7.11 Å². The lowest BCUT2D eigenvalue weighted by molar-refractivity contribution is -0.142. The number of amides is 1. The molecule has 1 aliphatic heterocycles. The number of carboxylic acids is 1. The van der Waals surface area contributed by atoms with Crippen LogP contribution in [0.5, 0.6) is 0 Å². The molecule has 2 unspecified atom stereocenters. The fourth-order valence-corrected chi connectivity index (χ4v) is 2.07. The van der Waals surface area contributed by atoms with Crippen molar-refractivity contribution in [2.24, 2.45) is 11.8 Å². The third-order valence-electron chi connectivity index (χ3n) is 3.00. The van der Waals surface area contributed by atoms with Gasteiger partial charge in [0.25, 0.3) is 0 Å². The molecule has 0 aliphatic carbocycles. The second kappa shape index (κ2) is 6.56. The van der Waals surface area contributed by atoms with Crippen LogP contribution in [0.15, 0.2) is 0 Å². The molecule has 0 bridgehead atoms. The Bertz CT molecular complexity index is 283. The summed E-state index contributed by atoms with van der Waals surface area (Å²) in [5.74, 6) is -1.12. The number of rotatable bonds is 6. The average molecular weight is 244 g/mol. The van der Waals surface area contributed by atoms with Crippen LogP contribution >= 0.6 is 0 Å². The normalized spacial score (nSPS) is 24.8. The molecular weight excluding hydrogens is 224 g/mol. The van der Waals surface area contributed by atoms with Crippen LogP contribution in [0.1, 0.15) is 6.92 Å². The fraction of sp³-hybridized carbons (Fsp3) is 0.818. The zero-order valence-electron chi connectivity index (χ0n) is 10.3. The minimum atomic E-state index is -0.778. The third kappa shape index (κ3) is 4.32. The first kappa shape index (κ1) is 13.9. The molecule has 1 saturated heterocycles. The van der Waals surface area contributed by atoms with Crippen molar-refractivity contribution in [2.75, 3.05) is 39.9 Å². The lowest BCUT2D eigenvalue weighted by atomic mass is 9.99. The number of carbonyl (C=O) groups excluding carboxylic acids is 1. The van der Waals surface area contributed by atoms with Crippen molar-refractivity contribution < 1.29 is 19.4 Å². The molecule has 1 amide bonds. The van der Waals surface area contributed by atoms with Crippen molar-refractivity contribution in [3.63, 3.8) is 0 Å². The highest BCUT2D eigenvalue weighted by Crippen LogP contribution is 2.22. The number of hydrogen-bond acceptors (Lipinski definition) is 4. The molecule has 0 saturated carbocycles. The Hall–Kier alpha value is -1.14. The molecule has 6 nitrogen and oxygen atoms in total. The molecule has 0 aromatic rings. The summed E-state index contributed by atoms with van der Waals surface area (Å²) in [4.78, 5) is 24.3. The maximum atomic E-state index is 11.5. The molecule has 2 N–H and O–H groups in total. The van der Waals surface area contributed by atoms with Gasteiger partial charge in [0.05, 0.1) is 19.1 Å². The summed E-state index contributed by atoms with van der Waals surface area (Å²) in [7, 11) is 1.58. The predicted octanol–water partition coefficient (Wildman–Crippen LogP) is -0.598. The topological polar surface area (TPSA) is 78.9 Å². The van der Waals surface area contributed by atoms with Gasteiger partial charge in [-0.25, -0.2) is 0 Å². The minimum absolute atomic E-state index is 0.0831. The molecule has 98 valence electrons. The number of aliphatic carboxylic acids is 1. The highest BCUT2D eigenvalue weighted by molar-refractivity contribution is 5.78. The van der Waals surface area contributed by atoms with Crippen LogP contribution in [0.4, 0.5) is 0 Å². The second-order valence-electron chi connectivity index (χ2n) is 4.46. The molecule has 0 radical (unpaired) electrons. The summed E-state index contributed by atoms with van der Waals surface area (Å²) < 4.78 is 4.82. The third-order valence-corrected chi connectivity index (χ3v) is 3.00. The van der Waals surface area contributed by atoms with Crippen LogP contribution in [-0.4, -0.2) is 61.8 Å². The van der Waals surface area contributed by atoms with Crippen molar-refractivity contribution in [1.82, 2.24) is 10.2 Å². The summed E-state index contributed by atoms with van der Waals surface area (Å²) in [6.45, 7) is 4.25. The van der Waals surface area contributed by atoms with E-state index in [0.717, 1.165) is 0 Å². The van der Waals surface area contributed by atoms with Gasteiger partial charge in [0.15, 0.2) is 0 Å². The quantitative estimate of drug-likeness (QED) is 0.610. The van der Waals surface area contributed by atoms with Crippen molar-refractivity contribution in [3.05, 3.63) is 0 Å². The summed E-state index contributed by atoms with van der Waals surface area (Å²) in [5.41, 5.74) is 0. The van der Waals surface area contributed by atoms with Crippen molar-refractivity contribution in [2.45, 2.75) is 6.92 Å². The average Bonchev–Trinajstić information content (AvgIpc) is 2.60. The van der Waals surface area contributed by atoms with E-state index in [-0.39, 0.29) is 24.3 Å². The van der Waals surface area contributed by atoms with Gasteiger partial charge < -0.3 is 15.2 Å². The van der Waals surface area contributed by atoms with Gasteiger partial charge in [-0.15, -0.1) is 0 Å². The SMILES string of the molecule is COCCNC(=O)CN1CC(C)C(C(=O)O)C1. The lowest BCUT2D eigenvalue weighted by Crippen LogP contribution is -2.37. The highest BCUT2D eigenvalue weighted by Gasteiger charge is 2.35. The lowest BCUT2D eigenvalue weighted by Gasteiger charge is -2.14. The van der Waals surface area contributed by atoms with Gasteiger partial charge in [-0.3, -0.25) is 14.5 Å². The van der Waals surface area contributed by atoms with E-state index in [0.29, 0.717) is 26.2 Å². The highest BCUT2D eigenvalue weighted by atomic mass is 16.5. The standard InChI is InChI=1S/C11H20N2O4/c1-8-5-13(6-9(8)11(15)16)7-10(14)12-3-4-17-2/h8-9H,3-7H2,1-2H3,(H,12,14)(H,15,16). The second-order valence-corrected chi connectivity index (χ2v) is 4.46. The summed E-state index contributed by atoms with van der Waals surface area (Å²) >= 11 is 0. The first-order valence-electron chi connectivity index (χ1n) is 5.75. The molecule has 17 heavy (non-hydrogen) atoms. The molecule has 0 spiro atoms. The number of carboxylic acid groups (broad SMARTS) is 1. The van der Waals surface area contributed by atoms with Crippen LogP contribution in [-0.2, 0) is 14.3 Å². The molecule has 1 fully saturated rings. The van der Waals surface area contributed by atoms with Crippen LogP contribution in [0, 0.1) is 11.8 Å². The zero-order valence-corrected chi connectivity index (χ0v) is 10.3. The molecule has 6 heteroatoms. The maximum Gasteiger partial charge on any atom is 0.308 e. The van der Waals surface area contributed by atoms with Crippen LogP contribution in [0.25, 0.3) is 0 Å². The molecule has 1 aliphatic rings. The summed E-state index contributed by atoms with van der Waals surface area (Å²) in [6, 6.07) is 0. The number of ether oxygens (including phenoxy) is 1. The van der Waals surface area contributed by atoms with Gasteiger partial charge in [0.1, 0.15) is 0 Å². The van der Waals surface area contributed by atoms with Gasteiger partial charge >= 0.3 is 5.97 Å². The molecule has 2 atom stereocenters. The van der Waals surface area contributed by atoms with E-state index in [1.807, 2.05) is 11.8 Å². The van der Waals surface area contributed by atoms with Crippen molar-refractivity contribution >= 4 is 11.9 Å². The minimum Gasteiger partial charge on any atom is -0.481 e. The Morgan fingerprint density at radius 2 is 2.18 bits per heavy atom. The number of nitrogens with one attached hydrogen (secondary N) is 1. The first-order chi connectivity index (χ1) is 8.04. The smallest absolute Gasteiger partial charge is 0.308 e. The zero-order chi connectivity index (χ0) is 12.8. The summed E-state index contributed by atoms with van der Waals surface area (Å²) in [5, 5.41) is 11.7. The van der Waals surface area contributed by atoms with Crippen LogP contribution in [0.2, 0.25) is 0 Å². The largest absolute Gasteiger partial charge is 0.481 e. The number of carbonyl (C=O) groups is 2. The number of hydrogen-bond donors (Lipinski definition) is 2. The molecule has 0 aromatic carbocycles. The predicted molar refractivity (Wildman–Crippen MR) is 61.6 cm³/mol. The molecule has 0 aromatic heterocycles. The van der Waals surface area contributed by atoms with E-state index in [9.17, 15) is 9.59 Å². The van der Waals surface area contributed by atoms with E-state index in [4.69, 9.17) is 9.84 Å². The molecular formula is C11H20N2O4. The monoisotopic (exact) mass is 244 g/mol. The Kier molecular flexibility index (Phi) is 5.37. The van der Waals surface area contributed by atoms with E-state index < -0.39 is 5.97 Å². The maximum absolute atomic E-state index is 11.5. The fourth-order valence-electron chi connectivity index (χ4n) is 2.07. The van der Waals surface area contributed by atoms with Crippen molar-refractivity contribution in [1.29, 1.82) is 0 Å².